The fourth-order valence-electron chi connectivity index (χ4n) is 3.31. The zero-order valence-corrected chi connectivity index (χ0v) is 16.7. The highest BCUT2D eigenvalue weighted by Gasteiger charge is 2.26. The lowest BCUT2D eigenvalue weighted by Gasteiger charge is -2.27. The van der Waals surface area contributed by atoms with E-state index in [0.29, 0.717) is 60.9 Å². The lowest BCUT2D eigenvalue weighted by molar-refractivity contribution is 0.0937. The van der Waals surface area contributed by atoms with Crippen LogP contribution in [0.3, 0.4) is 0 Å². The second-order valence-electron chi connectivity index (χ2n) is 6.98. The zero-order valence-electron chi connectivity index (χ0n) is 15.9. The summed E-state index contributed by atoms with van der Waals surface area (Å²) in [5.41, 5.74) is 2.18. The van der Waals surface area contributed by atoms with E-state index in [1.807, 2.05) is 6.07 Å². The van der Waals surface area contributed by atoms with E-state index in [1.165, 1.54) is 12.8 Å². The minimum atomic E-state index is -0.304. The Morgan fingerprint density at radius 3 is 2.76 bits per heavy atom. The third-order valence-corrected chi connectivity index (χ3v) is 4.97. The van der Waals surface area contributed by atoms with Gasteiger partial charge in [-0.05, 0) is 12.8 Å². The summed E-state index contributed by atoms with van der Waals surface area (Å²) in [6.45, 7) is 2.61. The van der Waals surface area contributed by atoms with E-state index in [1.54, 1.807) is 13.1 Å². The van der Waals surface area contributed by atoms with Crippen LogP contribution in [0.25, 0.3) is 11.1 Å². The van der Waals surface area contributed by atoms with E-state index >= 15 is 0 Å². The summed E-state index contributed by atoms with van der Waals surface area (Å²) in [5.74, 6) is 2.20. The fraction of sp³-hybridized carbons (Fsp3) is 0.444. The lowest BCUT2D eigenvalue weighted by atomic mass is 10.3. The number of aromatic nitrogens is 4. The Morgan fingerprint density at radius 1 is 1.24 bits per heavy atom. The molecule has 1 saturated carbocycles. The molecule has 0 aromatic carbocycles. The van der Waals surface area contributed by atoms with Gasteiger partial charge in [-0.15, -0.1) is 12.4 Å². The van der Waals surface area contributed by atoms with Gasteiger partial charge in [0.15, 0.2) is 23.0 Å². The summed E-state index contributed by atoms with van der Waals surface area (Å²) < 4.78 is 11.2. The molecule has 0 atom stereocenters. The van der Waals surface area contributed by atoms with Crippen LogP contribution < -0.4 is 15.5 Å². The van der Waals surface area contributed by atoms with Crippen LogP contribution in [0.2, 0.25) is 0 Å². The maximum Gasteiger partial charge on any atom is 0.286 e. The highest BCUT2D eigenvalue weighted by molar-refractivity contribution is 5.97. The van der Waals surface area contributed by atoms with Crippen molar-refractivity contribution in [3.63, 3.8) is 0 Å². The first kappa shape index (κ1) is 19.5. The molecule has 11 heteroatoms. The van der Waals surface area contributed by atoms with Gasteiger partial charge in [0.25, 0.3) is 5.91 Å². The quantitative estimate of drug-likeness (QED) is 0.575. The van der Waals surface area contributed by atoms with Crippen molar-refractivity contribution in [1.29, 1.82) is 0 Å². The van der Waals surface area contributed by atoms with Gasteiger partial charge in [0.2, 0.25) is 5.95 Å². The molecule has 3 aromatic heterocycles. The van der Waals surface area contributed by atoms with Gasteiger partial charge in [-0.1, -0.05) is 0 Å². The van der Waals surface area contributed by atoms with Crippen LogP contribution in [-0.2, 0) is 4.74 Å². The standard InChI is InChI=1S/C18H21N7O3.ClH/c1-19-17(26)13-8-12-15(28-13)16(25-4-6-27-7-5-25)22-18(20-12)21-14-9-11(23-24-14)10-2-3-10;/h8-10H,2-7H2,1H3,(H,19,26)(H2,20,21,22,23,24);1H. The molecule has 1 aliphatic carbocycles. The van der Waals surface area contributed by atoms with Crippen LogP contribution in [0.5, 0.6) is 0 Å². The van der Waals surface area contributed by atoms with Crippen molar-refractivity contribution >= 4 is 47.0 Å². The Morgan fingerprint density at radius 2 is 2.03 bits per heavy atom. The minimum Gasteiger partial charge on any atom is -0.445 e. The molecule has 154 valence electrons. The van der Waals surface area contributed by atoms with Crippen LogP contribution in [0.15, 0.2) is 16.5 Å². The molecule has 29 heavy (non-hydrogen) atoms. The van der Waals surface area contributed by atoms with Crippen LogP contribution in [-0.4, -0.2) is 59.4 Å². The average Bonchev–Trinajstić information content (AvgIpc) is 3.32. The maximum atomic E-state index is 12.0. The molecule has 3 aromatic rings. The lowest BCUT2D eigenvalue weighted by Crippen LogP contribution is -2.37. The number of morpholine rings is 1. The Labute approximate surface area is 172 Å². The number of hydrogen-bond donors (Lipinski definition) is 3. The largest absolute Gasteiger partial charge is 0.445 e. The molecule has 3 N–H and O–H groups in total. The van der Waals surface area contributed by atoms with Gasteiger partial charge in [0.05, 0.1) is 13.2 Å². The summed E-state index contributed by atoms with van der Waals surface area (Å²) >= 11 is 0. The first-order valence-corrected chi connectivity index (χ1v) is 9.40. The number of anilines is 3. The number of ether oxygens (including phenoxy) is 1. The zero-order chi connectivity index (χ0) is 19.1. The van der Waals surface area contributed by atoms with E-state index in [2.05, 4.69) is 35.7 Å². The monoisotopic (exact) mass is 419 g/mol. The van der Waals surface area contributed by atoms with Crippen LogP contribution in [0.1, 0.15) is 35.0 Å². The third kappa shape index (κ3) is 3.85. The summed E-state index contributed by atoms with van der Waals surface area (Å²) in [7, 11) is 1.56. The average molecular weight is 420 g/mol. The molecule has 0 bridgehead atoms. The number of furan rings is 1. The smallest absolute Gasteiger partial charge is 0.286 e. The normalized spacial score (nSPS) is 16.5. The van der Waals surface area contributed by atoms with Gasteiger partial charge < -0.3 is 24.7 Å². The molecule has 0 spiro atoms. The predicted molar refractivity (Wildman–Crippen MR) is 109 cm³/mol. The van der Waals surface area contributed by atoms with Gasteiger partial charge in [-0.25, -0.2) is 4.98 Å². The van der Waals surface area contributed by atoms with E-state index < -0.39 is 0 Å². The molecule has 2 fully saturated rings. The third-order valence-electron chi connectivity index (χ3n) is 4.97. The predicted octanol–water partition coefficient (Wildman–Crippen LogP) is 2.18. The van der Waals surface area contributed by atoms with Crippen molar-refractivity contribution in [2.75, 3.05) is 43.6 Å². The maximum absolute atomic E-state index is 12.0. The second-order valence-corrected chi connectivity index (χ2v) is 6.98. The van der Waals surface area contributed by atoms with Crippen LogP contribution >= 0.6 is 12.4 Å². The van der Waals surface area contributed by atoms with E-state index in [-0.39, 0.29) is 24.1 Å². The number of rotatable bonds is 5. The number of amides is 1. The molecule has 0 unspecified atom stereocenters. The molecular weight excluding hydrogens is 398 g/mol. The Kier molecular flexibility index (Phi) is 5.29. The number of fused-ring (bicyclic) bond motifs is 1. The second kappa shape index (κ2) is 7.88. The molecule has 0 radical (unpaired) electrons. The number of hydrogen-bond acceptors (Lipinski definition) is 8. The number of aromatic amines is 1. The van der Waals surface area contributed by atoms with Crippen molar-refractivity contribution in [1.82, 2.24) is 25.5 Å². The van der Waals surface area contributed by atoms with E-state index in [0.717, 1.165) is 5.69 Å². The summed E-state index contributed by atoms with van der Waals surface area (Å²) in [5, 5.41) is 13.1. The molecular formula is C18H22ClN7O3. The molecule has 10 nitrogen and oxygen atoms in total. The summed E-state index contributed by atoms with van der Waals surface area (Å²) in [6.07, 6.45) is 2.39. The van der Waals surface area contributed by atoms with Crippen LogP contribution in [0.4, 0.5) is 17.6 Å². The molecule has 2 aliphatic rings. The van der Waals surface area contributed by atoms with E-state index in [4.69, 9.17) is 9.15 Å². The van der Waals surface area contributed by atoms with Crippen molar-refractivity contribution in [2.24, 2.45) is 0 Å². The SMILES string of the molecule is CNC(=O)c1cc2nc(Nc3cc(C4CC4)[nH]n3)nc(N3CCOCC3)c2o1.Cl. The molecule has 1 amide bonds. The topological polar surface area (TPSA) is 121 Å². The molecule has 1 aliphatic heterocycles. The first-order valence-electron chi connectivity index (χ1n) is 9.40. The Bertz CT molecular complexity index is 1020. The fourth-order valence-corrected chi connectivity index (χ4v) is 3.31. The van der Waals surface area contributed by atoms with Crippen molar-refractivity contribution in [2.45, 2.75) is 18.8 Å². The molecule has 1 saturated heterocycles. The number of H-pyrrole nitrogens is 1. The van der Waals surface area contributed by atoms with Gasteiger partial charge in [-0.3, -0.25) is 9.89 Å². The van der Waals surface area contributed by atoms with Gasteiger partial charge in [0.1, 0.15) is 5.52 Å². The number of nitrogens with one attached hydrogen (secondary N) is 3. The Hall–Kier alpha value is -2.85. The number of carbonyl (C=O) groups excluding carboxylic acids is 1. The van der Waals surface area contributed by atoms with Crippen molar-refractivity contribution in [3.05, 3.63) is 23.6 Å². The van der Waals surface area contributed by atoms with Gasteiger partial charge in [0, 0.05) is 43.9 Å². The number of halogens is 1. The van der Waals surface area contributed by atoms with Gasteiger partial charge >= 0.3 is 0 Å². The first-order chi connectivity index (χ1) is 13.7. The minimum absolute atomic E-state index is 0. The molecule has 4 heterocycles. The highest BCUT2D eigenvalue weighted by Crippen LogP contribution is 2.39. The number of nitrogens with zero attached hydrogens (tertiary/aromatic N) is 4. The molecule has 5 rings (SSSR count). The van der Waals surface area contributed by atoms with E-state index in [9.17, 15) is 4.79 Å². The highest BCUT2D eigenvalue weighted by atomic mass is 35.5. The van der Waals surface area contributed by atoms with Crippen molar-refractivity contribution < 1.29 is 13.9 Å². The summed E-state index contributed by atoms with van der Waals surface area (Å²) in [6, 6.07) is 3.62. The Balaban J connectivity index is 0.00000205. The van der Waals surface area contributed by atoms with Gasteiger partial charge in [-0.2, -0.15) is 10.1 Å². The van der Waals surface area contributed by atoms with Crippen molar-refractivity contribution in [3.8, 4) is 0 Å². The number of carbonyl (C=O) groups is 1. The van der Waals surface area contributed by atoms with Crippen LogP contribution in [0, 0.1) is 0 Å². The summed E-state index contributed by atoms with van der Waals surface area (Å²) in [4.78, 5) is 23.3.